The lowest BCUT2D eigenvalue weighted by Gasteiger charge is -2.39. The molecule has 4 aliphatic heterocycles. The highest BCUT2D eigenvalue weighted by Crippen LogP contribution is 2.60. The molecule has 4 heterocycles. The van der Waals surface area contributed by atoms with Crippen LogP contribution in [0.4, 0.5) is 0 Å². The van der Waals surface area contributed by atoms with E-state index in [1.807, 2.05) is 49.4 Å². The molecule has 5 rings (SSSR count). The van der Waals surface area contributed by atoms with Crippen LogP contribution in [0.25, 0.3) is 0 Å². The maximum atomic E-state index is 14.6. The molecule has 11 heteroatoms. The lowest BCUT2D eigenvalue weighted by molar-refractivity contribution is -0.159. The molecule has 0 saturated carbocycles. The van der Waals surface area contributed by atoms with E-state index in [1.54, 1.807) is 17.9 Å². The van der Waals surface area contributed by atoms with Gasteiger partial charge in [0.25, 0.3) is 0 Å². The summed E-state index contributed by atoms with van der Waals surface area (Å²) in [5.41, 5.74) is -0.755. The van der Waals surface area contributed by atoms with Gasteiger partial charge in [-0.3, -0.25) is 19.2 Å². The maximum Gasteiger partial charge on any atom is 0.313 e. The Labute approximate surface area is 254 Å². The minimum atomic E-state index is -1.43. The van der Waals surface area contributed by atoms with Gasteiger partial charge < -0.3 is 29.7 Å². The number of unbranched alkanes of at least 4 members (excludes halogenated alkanes) is 1. The second kappa shape index (κ2) is 12.7. The number of fused-ring (bicyclic) bond motifs is 2. The van der Waals surface area contributed by atoms with Gasteiger partial charge in [-0.05, 0) is 31.4 Å². The number of carbonyl (C=O) groups is 4. The van der Waals surface area contributed by atoms with Gasteiger partial charge in [0.15, 0.2) is 0 Å². The van der Waals surface area contributed by atoms with Crippen LogP contribution < -0.4 is 5.32 Å². The third-order valence-electron chi connectivity index (χ3n) is 8.59. The summed E-state index contributed by atoms with van der Waals surface area (Å²) in [5, 5.41) is 13.4. The number of benzene rings is 1. The number of rotatable bonds is 6. The topological polar surface area (TPSA) is 125 Å². The van der Waals surface area contributed by atoms with Crippen LogP contribution >= 0.6 is 15.9 Å². The molecular formula is C31H38BrN3O7. The predicted octanol–water partition coefficient (Wildman–Crippen LogP) is 2.62. The zero-order valence-corrected chi connectivity index (χ0v) is 25.5. The second-order valence-corrected chi connectivity index (χ2v) is 12.3. The number of hydrogen-bond acceptors (Lipinski definition) is 7. The summed E-state index contributed by atoms with van der Waals surface area (Å²) in [5.74, 6) is -3.59. The van der Waals surface area contributed by atoms with Gasteiger partial charge in [-0.1, -0.05) is 71.8 Å². The maximum absolute atomic E-state index is 14.6. The Kier molecular flexibility index (Phi) is 9.20. The average molecular weight is 645 g/mol. The van der Waals surface area contributed by atoms with Crippen LogP contribution in [-0.2, 0) is 28.7 Å². The number of aliphatic hydroxyl groups is 1. The van der Waals surface area contributed by atoms with E-state index < -0.39 is 60.2 Å². The number of cyclic esters (lactones) is 1. The minimum Gasteiger partial charge on any atom is -0.460 e. The number of esters is 1. The summed E-state index contributed by atoms with van der Waals surface area (Å²) in [4.78, 5) is 58.3. The van der Waals surface area contributed by atoms with Crippen molar-refractivity contribution in [3.63, 3.8) is 0 Å². The van der Waals surface area contributed by atoms with Crippen LogP contribution in [0.2, 0.25) is 0 Å². The summed E-state index contributed by atoms with van der Waals surface area (Å²) in [6.45, 7) is 4.16. The number of ether oxygens (including phenoxy) is 2. The largest absolute Gasteiger partial charge is 0.460 e. The third kappa shape index (κ3) is 5.42. The van der Waals surface area contributed by atoms with E-state index in [4.69, 9.17) is 9.47 Å². The molecule has 5 bridgehead atoms. The molecule has 2 saturated heterocycles. The van der Waals surface area contributed by atoms with Crippen molar-refractivity contribution >= 4 is 39.6 Å². The third-order valence-corrected chi connectivity index (χ3v) is 9.27. The molecule has 0 aromatic heterocycles. The number of carbonyl (C=O) groups excluding carboxylic acids is 4. The van der Waals surface area contributed by atoms with Crippen molar-refractivity contribution in [3.8, 4) is 0 Å². The minimum absolute atomic E-state index is 0.131. The fourth-order valence-electron chi connectivity index (χ4n) is 6.58. The Morgan fingerprint density at radius 1 is 1.14 bits per heavy atom. The molecule has 2 N–H and O–H groups in total. The molecule has 10 nitrogen and oxygen atoms in total. The predicted molar refractivity (Wildman–Crippen MR) is 157 cm³/mol. The highest BCUT2D eigenvalue weighted by Gasteiger charge is 2.75. The van der Waals surface area contributed by atoms with Crippen LogP contribution in [0, 0.1) is 11.8 Å². The molecule has 4 aliphatic rings. The van der Waals surface area contributed by atoms with Gasteiger partial charge >= 0.3 is 5.97 Å². The van der Waals surface area contributed by atoms with E-state index in [2.05, 4.69) is 21.2 Å². The molecule has 1 aromatic carbocycles. The van der Waals surface area contributed by atoms with Gasteiger partial charge in [0.1, 0.15) is 29.8 Å². The number of nitrogens with one attached hydrogen (secondary N) is 1. The van der Waals surface area contributed by atoms with E-state index in [-0.39, 0.29) is 31.3 Å². The Balaban J connectivity index is 1.63. The van der Waals surface area contributed by atoms with Crippen LogP contribution in [0.1, 0.15) is 51.1 Å². The van der Waals surface area contributed by atoms with Crippen molar-refractivity contribution in [1.29, 1.82) is 0 Å². The van der Waals surface area contributed by atoms with Gasteiger partial charge in [-0.25, -0.2) is 0 Å². The number of allylic oxidation sites excluding steroid dienone is 1. The lowest BCUT2D eigenvalue weighted by Crippen LogP contribution is -2.57. The molecule has 7 atom stereocenters. The first-order valence-electron chi connectivity index (χ1n) is 14.7. The summed E-state index contributed by atoms with van der Waals surface area (Å²) >= 11 is 3.55. The molecular weight excluding hydrogens is 606 g/mol. The molecule has 2 fully saturated rings. The summed E-state index contributed by atoms with van der Waals surface area (Å²) in [7, 11) is 0. The van der Waals surface area contributed by atoms with E-state index >= 15 is 0 Å². The van der Waals surface area contributed by atoms with Crippen molar-refractivity contribution in [2.24, 2.45) is 11.8 Å². The Hall–Kier alpha value is -3.02. The molecule has 42 heavy (non-hydrogen) atoms. The van der Waals surface area contributed by atoms with Crippen LogP contribution in [0.15, 0.2) is 53.0 Å². The van der Waals surface area contributed by atoms with Crippen LogP contribution in [0.5, 0.6) is 0 Å². The summed E-state index contributed by atoms with van der Waals surface area (Å²) in [6, 6.07) is 7.14. The van der Waals surface area contributed by atoms with Gasteiger partial charge in [-0.2, -0.15) is 0 Å². The van der Waals surface area contributed by atoms with E-state index in [1.165, 1.54) is 4.90 Å². The van der Waals surface area contributed by atoms with E-state index in [9.17, 15) is 24.3 Å². The monoisotopic (exact) mass is 643 g/mol. The molecule has 0 aliphatic carbocycles. The smallest absolute Gasteiger partial charge is 0.313 e. The Bertz CT molecular complexity index is 1270. The number of likely N-dealkylation sites (tertiary alicyclic amines) is 1. The first-order chi connectivity index (χ1) is 20.2. The van der Waals surface area contributed by atoms with E-state index in [0.29, 0.717) is 23.0 Å². The first-order valence-corrected chi connectivity index (χ1v) is 15.5. The number of halogens is 1. The lowest BCUT2D eigenvalue weighted by atomic mass is 9.74. The van der Waals surface area contributed by atoms with Crippen molar-refractivity contribution in [3.05, 3.63) is 58.6 Å². The van der Waals surface area contributed by atoms with E-state index in [0.717, 1.165) is 12.8 Å². The number of nitrogens with zero attached hydrogens (tertiary/aromatic N) is 2. The quantitative estimate of drug-likeness (QED) is 0.361. The number of amides is 3. The normalized spacial score (nSPS) is 33.2. The van der Waals surface area contributed by atoms with Crippen LogP contribution in [0.3, 0.4) is 0 Å². The van der Waals surface area contributed by atoms with Crippen molar-refractivity contribution in [2.45, 2.75) is 69.4 Å². The molecule has 0 radical (unpaired) electrons. The molecule has 1 aromatic rings. The highest BCUT2D eigenvalue weighted by molar-refractivity contribution is 9.11. The zero-order valence-electron chi connectivity index (χ0n) is 23.9. The van der Waals surface area contributed by atoms with Crippen molar-refractivity contribution < 1.29 is 33.8 Å². The summed E-state index contributed by atoms with van der Waals surface area (Å²) < 4.78 is 12.8. The van der Waals surface area contributed by atoms with Crippen LogP contribution in [-0.4, -0.2) is 88.7 Å². The van der Waals surface area contributed by atoms with Gasteiger partial charge in [0, 0.05) is 24.0 Å². The van der Waals surface area contributed by atoms with Gasteiger partial charge in [-0.15, -0.1) is 0 Å². The van der Waals surface area contributed by atoms with Gasteiger partial charge in [0.05, 0.1) is 25.1 Å². The second-order valence-electron chi connectivity index (χ2n) is 11.4. The van der Waals surface area contributed by atoms with Crippen molar-refractivity contribution in [2.75, 3.05) is 26.2 Å². The van der Waals surface area contributed by atoms with Crippen molar-refractivity contribution in [1.82, 2.24) is 15.1 Å². The SMILES string of the molecule is CCCCN1C/C=C\CCC(=O)NC[C@@H](C)OC(=O)[C@@H]2[C@H]3O[C@@]4(C=C3Br)[C@H](C1=O)N([C@H](CO)c1ccccc1)C(=O)[C@@H]24. The standard InChI is InChI=1S/C31H38BrN3O7/c1-3-4-14-34-15-10-6-9-13-23(37)33-17-19(2)41-30(40)24-25-28(38)35(22(18-36)20-11-7-5-8-12-20)27(29(34)39)31(25)16-21(32)26(24)42-31/h5-8,10-12,16,19,22,24-27,36H,3-4,9,13-15,17-18H2,1-2H3,(H,33,37)/b10-6-/t19-,22-,24+,25-,26+,27+,31-/m1/s1. The zero-order chi connectivity index (χ0) is 30.0. The van der Waals surface area contributed by atoms with Gasteiger partial charge in [0.2, 0.25) is 17.7 Å². The summed E-state index contributed by atoms with van der Waals surface area (Å²) in [6.07, 6.45) is 6.42. The Morgan fingerprint density at radius 2 is 1.90 bits per heavy atom. The average Bonchev–Trinajstić information content (AvgIpc) is 3.57. The first kappa shape index (κ1) is 30.4. The number of aliphatic hydroxyl groups excluding tert-OH is 1. The Morgan fingerprint density at radius 3 is 2.62 bits per heavy atom. The fraction of sp³-hybridized carbons (Fsp3) is 0.548. The molecule has 1 spiro atoms. The fourth-order valence-corrected chi connectivity index (χ4v) is 7.32. The highest BCUT2D eigenvalue weighted by atomic mass is 79.9. The molecule has 0 unspecified atom stereocenters. The molecule has 3 amide bonds. The molecule has 226 valence electrons. The number of hydrogen-bond donors (Lipinski definition) is 2.